The molecule has 24 heavy (non-hydrogen) atoms. The fourth-order valence-corrected chi connectivity index (χ4v) is 9.37. The molecule has 0 aliphatic heterocycles. The molecule has 1 spiro atoms. The maximum atomic E-state index is 2.75. The Kier molecular flexibility index (Phi) is 3.36. The van der Waals surface area contributed by atoms with E-state index in [1.165, 1.54) is 38.5 Å². The molecule has 3 unspecified atom stereocenters. The highest BCUT2D eigenvalue weighted by molar-refractivity contribution is 5.31. The van der Waals surface area contributed by atoms with Gasteiger partial charge in [-0.3, -0.25) is 0 Å². The third-order valence-electron chi connectivity index (χ3n) is 10.4. The highest BCUT2D eigenvalue weighted by Crippen LogP contribution is 2.89. The van der Waals surface area contributed by atoms with Gasteiger partial charge >= 0.3 is 0 Å². The first-order valence-electron chi connectivity index (χ1n) is 10.9. The molecule has 138 valence electrons. The molecular weight excluding hydrogens is 288 g/mol. The minimum absolute atomic E-state index is 0.460. The zero-order valence-corrected chi connectivity index (χ0v) is 17.8. The van der Waals surface area contributed by atoms with Gasteiger partial charge in [0.25, 0.3) is 0 Å². The molecular formula is C24H42. The molecule has 7 atom stereocenters. The molecule has 0 heterocycles. The van der Waals surface area contributed by atoms with E-state index in [0.717, 1.165) is 29.1 Å². The Hall–Kier alpha value is 0. The zero-order chi connectivity index (χ0) is 17.8. The van der Waals surface area contributed by atoms with Gasteiger partial charge in [0.2, 0.25) is 0 Å². The number of rotatable bonds is 1. The maximum absolute atomic E-state index is 2.75. The summed E-state index contributed by atoms with van der Waals surface area (Å²) >= 11 is 0. The second-order valence-corrected chi connectivity index (χ2v) is 12.6. The Morgan fingerprint density at radius 2 is 1.58 bits per heavy atom. The highest BCUT2D eigenvalue weighted by Gasteiger charge is 2.83. The van der Waals surface area contributed by atoms with Gasteiger partial charge in [-0.15, -0.1) is 0 Å². The Balaban J connectivity index is 1.76. The van der Waals surface area contributed by atoms with Gasteiger partial charge in [-0.05, 0) is 89.3 Å². The van der Waals surface area contributed by atoms with E-state index in [1.54, 1.807) is 6.42 Å². The lowest BCUT2D eigenvalue weighted by molar-refractivity contribution is -0.0871. The molecule has 4 aliphatic rings. The molecule has 0 aromatic carbocycles. The second kappa shape index (κ2) is 4.64. The van der Waals surface area contributed by atoms with Crippen molar-refractivity contribution in [1.82, 2.24) is 0 Å². The summed E-state index contributed by atoms with van der Waals surface area (Å²) in [4.78, 5) is 0. The van der Waals surface area contributed by atoms with Crippen LogP contribution in [0.15, 0.2) is 0 Å². The molecule has 4 saturated carbocycles. The molecule has 0 bridgehead atoms. The minimum atomic E-state index is 0.460. The third-order valence-corrected chi connectivity index (χ3v) is 10.4. The molecule has 0 nitrogen and oxygen atoms in total. The smallest absolute Gasteiger partial charge is 0.0175 e. The lowest BCUT2D eigenvalue weighted by Crippen LogP contribution is -2.50. The van der Waals surface area contributed by atoms with Gasteiger partial charge < -0.3 is 0 Å². The highest BCUT2D eigenvalue weighted by atomic mass is 14.9. The summed E-state index contributed by atoms with van der Waals surface area (Å²) in [7, 11) is 0. The van der Waals surface area contributed by atoms with Crippen LogP contribution in [0.25, 0.3) is 0 Å². The average Bonchev–Trinajstić information content (AvgIpc) is 3.00. The first-order chi connectivity index (χ1) is 10.9. The third kappa shape index (κ3) is 1.82. The van der Waals surface area contributed by atoms with Crippen LogP contribution in [-0.2, 0) is 0 Å². The van der Waals surface area contributed by atoms with Crippen molar-refractivity contribution >= 4 is 0 Å². The van der Waals surface area contributed by atoms with Crippen molar-refractivity contribution in [3.05, 3.63) is 0 Å². The zero-order valence-electron chi connectivity index (χ0n) is 17.8. The van der Waals surface area contributed by atoms with Crippen LogP contribution < -0.4 is 0 Å². The van der Waals surface area contributed by atoms with Crippen molar-refractivity contribution in [3.8, 4) is 0 Å². The predicted octanol–water partition coefficient (Wildman–Crippen LogP) is 7.33. The molecule has 0 N–H and O–H groups in total. The summed E-state index contributed by atoms with van der Waals surface area (Å²) in [6.45, 7) is 20.6. The largest absolute Gasteiger partial charge is 0.0648 e. The lowest BCUT2D eigenvalue weighted by atomic mass is 9.47. The fraction of sp³-hybridized carbons (Fsp3) is 1.00. The lowest BCUT2D eigenvalue weighted by Gasteiger charge is -2.57. The molecule has 4 fully saturated rings. The van der Waals surface area contributed by atoms with E-state index >= 15 is 0 Å². The molecule has 0 saturated heterocycles. The SMILES string of the molecule is CC[C@@]1(C)C(C(C)(C)C)CC2[C@@]34CCC(C)(C)CC3CC[C@H]1[C@@]24C. The van der Waals surface area contributed by atoms with Gasteiger partial charge in [-0.1, -0.05) is 61.8 Å². The van der Waals surface area contributed by atoms with Crippen LogP contribution in [0.5, 0.6) is 0 Å². The number of hydrogen-bond donors (Lipinski definition) is 0. The van der Waals surface area contributed by atoms with Crippen molar-refractivity contribution in [3.63, 3.8) is 0 Å². The van der Waals surface area contributed by atoms with E-state index in [-0.39, 0.29) is 0 Å². The van der Waals surface area contributed by atoms with Crippen LogP contribution in [0.2, 0.25) is 0 Å². The van der Waals surface area contributed by atoms with Crippen LogP contribution in [0, 0.1) is 50.7 Å². The minimum Gasteiger partial charge on any atom is -0.0648 e. The monoisotopic (exact) mass is 330 g/mol. The van der Waals surface area contributed by atoms with Crippen molar-refractivity contribution < 1.29 is 0 Å². The summed E-state index contributed by atoms with van der Waals surface area (Å²) in [5.41, 5.74) is 3.04. The van der Waals surface area contributed by atoms with Crippen LogP contribution in [-0.4, -0.2) is 0 Å². The van der Waals surface area contributed by atoms with Crippen molar-refractivity contribution in [1.29, 1.82) is 0 Å². The van der Waals surface area contributed by atoms with Crippen LogP contribution >= 0.6 is 0 Å². The molecule has 0 heteroatoms. The van der Waals surface area contributed by atoms with Crippen molar-refractivity contribution in [2.45, 2.75) is 100 Å². The summed E-state index contributed by atoms with van der Waals surface area (Å²) < 4.78 is 0. The Bertz CT molecular complexity index is 537. The topological polar surface area (TPSA) is 0 Å². The standard InChI is InChI=1S/C24H42/c1-9-22(7)17-11-10-16-15-21(5,6)12-13-24(16)19(23(17,24)8)14-18(22)20(2,3)4/h16-19H,9-15H2,1-8H3/t16?,17-,18?,19?,22-,23+,24-/m1/s1. The molecule has 0 aromatic heterocycles. The second-order valence-electron chi connectivity index (χ2n) is 12.6. The van der Waals surface area contributed by atoms with Gasteiger partial charge in [0, 0.05) is 0 Å². The summed E-state index contributed by atoms with van der Waals surface area (Å²) in [5, 5.41) is 0. The van der Waals surface area contributed by atoms with Crippen LogP contribution in [0.3, 0.4) is 0 Å². The molecule has 0 radical (unpaired) electrons. The number of hydrogen-bond acceptors (Lipinski definition) is 0. The van der Waals surface area contributed by atoms with Crippen LogP contribution in [0.1, 0.15) is 100 Å². The normalized spacial score (nSPS) is 55.5. The van der Waals surface area contributed by atoms with Crippen molar-refractivity contribution in [2.24, 2.45) is 50.7 Å². The van der Waals surface area contributed by atoms with E-state index < -0.39 is 0 Å². The Morgan fingerprint density at radius 3 is 2.17 bits per heavy atom. The molecule has 0 amide bonds. The van der Waals surface area contributed by atoms with Gasteiger partial charge in [0.05, 0.1) is 0 Å². The summed E-state index contributed by atoms with van der Waals surface area (Å²) in [5.74, 6) is 3.97. The Morgan fingerprint density at radius 1 is 0.917 bits per heavy atom. The van der Waals surface area contributed by atoms with E-state index in [1.807, 2.05) is 0 Å². The van der Waals surface area contributed by atoms with E-state index in [9.17, 15) is 0 Å². The Labute approximate surface area is 151 Å². The molecule has 0 aromatic rings. The van der Waals surface area contributed by atoms with Crippen LogP contribution in [0.4, 0.5) is 0 Å². The van der Waals surface area contributed by atoms with Crippen molar-refractivity contribution in [2.75, 3.05) is 0 Å². The quantitative estimate of drug-likeness (QED) is 0.472. The van der Waals surface area contributed by atoms with Gasteiger partial charge in [-0.25, -0.2) is 0 Å². The summed E-state index contributed by atoms with van der Waals surface area (Å²) in [6.07, 6.45) is 10.5. The van der Waals surface area contributed by atoms with E-state index in [0.29, 0.717) is 21.7 Å². The molecule has 4 aliphatic carbocycles. The fourth-order valence-electron chi connectivity index (χ4n) is 9.37. The van der Waals surface area contributed by atoms with E-state index in [2.05, 4.69) is 55.4 Å². The average molecular weight is 331 g/mol. The molecule has 4 rings (SSSR count). The predicted molar refractivity (Wildman–Crippen MR) is 104 cm³/mol. The first-order valence-corrected chi connectivity index (χ1v) is 10.9. The van der Waals surface area contributed by atoms with Gasteiger partial charge in [-0.2, -0.15) is 0 Å². The maximum Gasteiger partial charge on any atom is -0.0175 e. The van der Waals surface area contributed by atoms with Gasteiger partial charge in [0.1, 0.15) is 0 Å². The first kappa shape index (κ1) is 17.4. The van der Waals surface area contributed by atoms with E-state index in [4.69, 9.17) is 0 Å². The van der Waals surface area contributed by atoms with Gasteiger partial charge in [0.15, 0.2) is 0 Å². The summed E-state index contributed by atoms with van der Waals surface area (Å²) in [6, 6.07) is 0.